The highest BCUT2D eigenvalue weighted by molar-refractivity contribution is 5.06. The second-order valence-corrected chi connectivity index (χ2v) is 6.52. The standard InChI is InChI=1S/C18H26N4O/c1-15(2)22-10-8-20-18(22)13-21-9-4-6-17(12-21)23-14-16-5-3-7-19-11-16/h3,5,7-8,10-11,15,17H,4,6,9,12-14H2,1-2H3. The number of nitrogens with zero attached hydrogens (tertiary/aromatic N) is 4. The van der Waals surface area contributed by atoms with Crippen LogP contribution in [0, 0.1) is 0 Å². The molecule has 2 aromatic heterocycles. The lowest BCUT2D eigenvalue weighted by atomic mass is 10.1. The largest absolute Gasteiger partial charge is 0.372 e. The molecule has 0 aromatic carbocycles. The van der Waals surface area contributed by atoms with Gasteiger partial charge < -0.3 is 9.30 Å². The fraction of sp³-hybridized carbons (Fsp3) is 0.556. The van der Waals surface area contributed by atoms with E-state index in [-0.39, 0.29) is 0 Å². The first-order valence-electron chi connectivity index (χ1n) is 8.47. The molecular formula is C18H26N4O. The molecule has 2 aromatic rings. The lowest BCUT2D eigenvalue weighted by molar-refractivity contribution is -0.0129. The predicted molar refractivity (Wildman–Crippen MR) is 89.9 cm³/mol. The Morgan fingerprint density at radius 2 is 2.26 bits per heavy atom. The Morgan fingerprint density at radius 1 is 1.35 bits per heavy atom. The van der Waals surface area contributed by atoms with Crippen LogP contribution in [0.5, 0.6) is 0 Å². The van der Waals surface area contributed by atoms with Gasteiger partial charge in [0.1, 0.15) is 5.82 Å². The lowest BCUT2D eigenvalue weighted by Crippen LogP contribution is -2.39. The first-order chi connectivity index (χ1) is 11.2. The first kappa shape index (κ1) is 16.1. The molecule has 3 rings (SSSR count). The van der Waals surface area contributed by atoms with Gasteiger partial charge in [-0.3, -0.25) is 9.88 Å². The lowest BCUT2D eigenvalue weighted by Gasteiger charge is -2.32. The van der Waals surface area contributed by atoms with Gasteiger partial charge in [0.25, 0.3) is 0 Å². The summed E-state index contributed by atoms with van der Waals surface area (Å²) in [5, 5.41) is 0. The molecule has 0 radical (unpaired) electrons. The summed E-state index contributed by atoms with van der Waals surface area (Å²) >= 11 is 0. The van der Waals surface area contributed by atoms with E-state index < -0.39 is 0 Å². The molecule has 0 aliphatic carbocycles. The van der Waals surface area contributed by atoms with E-state index in [1.54, 1.807) is 6.20 Å². The summed E-state index contributed by atoms with van der Waals surface area (Å²) in [7, 11) is 0. The van der Waals surface area contributed by atoms with Crippen LogP contribution in [-0.2, 0) is 17.9 Å². The number of rotatable bonds is 6. The number of pyridine rings is 1. The molecule has 5 heteroatoms. The molecule has 1 aliphatic rings. The van der Waals surface area contributed by atoms with E-state index in [4.69, 9.17) is 4.74 Å². The summed E-state index contributed by atoms with van der Waals surface area (Å²) in [6, 6.07) is 4.47. The van der Waals surface area contributed by atoms with E-state index >= 15 is 0 Å². The van der Waals surface area contributed by atoms with Gasteiger partial charge in [0, 0.05) is 37.4 Å². The molecule has 0 bridgehead atoms. The van der Waals surface area contributed by atoms with Crippen molar-refractivity contribution in [1.82, 2.24) is 19.4 Å². The Kier molecular flexibility index (Phi) is 5.41. The number of aromatic nitrogens is 3. The van der Waals surface area contributed by atoms with Crippen molar-refractivity contribution in [3.8, 4) is 0 Å². The van der Waals surface area contributed by atoms with E-state index in [0.717, 1.165) is 37.4 Å². The van der Waals surface area contributed by atoms with E-state index in [1.165, 1.54) is 6.42 Å². The monoisotopic (exact) mass is 314 g/mol. The number of ether oxygens (including phenoxy) is 1. The van der Waals surface area contributed by atoms with Crippen LogP contribution < -0.4 is 0 Å². The molecule has 0 saturated carbocycles. The van der Waals surface area contributed by atoms with Crippen molar-refractivity contribution in [2.24, 2.45) is 0 Å². The van der Waals surface area contributed by atoms with Crippen molar-refractivity contribution in [2.75, 3.05) is 13.1 Å². The van der Waals surface area contributed by atoms with Crippen LogP contribution in [0.3, 0.4) is 0 Å². The minimum atomic E-state index is 0.298. The molecule has 23 heavy (non-hydrogen) atoms. The predicted octanol–water partition coefficient (Wildman–Crippen LogP) is 3.04. The fourth-order valence-electron chi connectivity index (χ4n) is 3.13. The van der Waals surface area contributed by atoms with Crippen molar-refractivity contribution < 1.29 is 4.74 Å². The third-order valence-electron chi connectivity index (χ3n) is 4.34. The molecule has 5 nitrogen and oxygen atoms in total. The molecule has 3 heterocycles. The molecule has 1 atom stereocenters. The first-order valence-corrected chi connectivity index (χ1v) is 8.47. The Balaban J connectivity index is 1.53. The average molecular weight is 314 g/mol. The zero-order valence-electron chi connectivity index (χ0n) is 14.1. The van der Waals surface area contributed by atoms with E-state index in [9.17, 15) is 0 Å². The third-order valence-corrected chi connectivity index (χ3v) is 4.34. The highest BCUT2D eigenvalue weighted by Gasteiger charge is 2.22. The minimum absolute atomic E-state index is 0.298. The quantitative estimate of drug-likeness (QED) is 0.822. The molecule has 1 fully saturated rings. The van der Waals surface area contributed by atoms with E-state index in [1.807, 2.05) is 18.5 Å². The molecule has 0 N–H and O–H groups in total. The smallest absolute Gasteiger partial charge is 0.123 e. The second-order valence-electron chi connectivity index (χ2n) is 6.52. The number of hydrogen-bond acceptors (Lipinski definition) is 4. The summed E-state index contributed by atoms with van der Waals surface area (Å²) in [4.78, 5) is 11.1. The fourth-order valence-corrected chi connectivity index (χ4v) is 3.13. The van der Waals surface area contributed by atoms with Crippen molar-refractivity contribution in [3.05, 3.63) is 48.3 Å². The van der Waals surface area contributed by atoms with Gasteiger partial charge >= 0.3 is 0 Å². The van der Waals surface area contributed by atoms with Crippen LogP contribution >= 0.6 is 0 Å². The van der Waals surface area contributed by atoms with Gasteiger partial charge in [-0.1, -0.05) is 6.07 Å². The van der Waals surface area contributed by atoms with Crippen LogP contribution in [0.15, 0.2) is 36.9 Å². The second kappa shape index (κ2) is 7.70. The summed E-state index contributed by atoms with van der Waals surface area (Å²) < 4.78 is 8.34. The third kappa shape index (κ3) is 4.39. The Labute approximate surface area is 138 Å². The summed E-state index contributed by atoms with van der Waals surface area (Å²) in [6.45, 7) is 8.04. The van der Waals surface area contributed by atoms with Gasteiger partial charge in [-0.15, -0.1) is 0 Å². The van der Waals surface area contributed by atoms with Crippen LogP contribution in [0.4, 0.5) is 0 Å². The van der Waals surface area contributed by atoms with Crippen molar-refractivity contribution >= 4 is 0 Å². The molecule has 0 amide bonds. The zero-order chi connectivity index (χ0) is 16.1. The van der Waals surface area contributed by atoms with Crippen LogP contribution in [-0.4, -0.2) is 38.6 Å². The van der Waals surface area contributed by atoms with Gasteiger partial charge in [-0.25, -0.2) is 4.98 Å². The highest BCUT2D eigenvalue weighted by Crippen LogP contribution is 2.18. The molecular weight excluding hydrogens is 288 g/mol. The summed E-state index contributed by atoms with van der Waals surface area (Å²) in [6.07, 6.45) is 10.3. The Morgan fingerprint density at radius 3 is 3.04 bits per heavy atom. The number of piperidine rings is 1. The van der Waals surface area contributed by atoms with Crippen molar-refractivity contribution in [2.45, 2.75) is 52.0 Å². The molecule has 1 aliphatic heterocycles. The Bertz CT molecular complexity index is 596. The molecule has 1 unspecified atom stereocenters. The van der Waals surface area contributed by atoms with Crippen LogP contribution in [0.1, 0.15) is 44.1 Å². The maximum Gasteiger partial charge on any atom is 0.123 e. The van der Waals surface area contributed by atoms with Crippen LogP contribution in [0.2, 0.25) is 0 Å². The minimum Gasteiger partial charge on any atom is -0.372 e. The van der Waals surface area contributed by atoms with Crippen LogP contribution in [0.25, 0.3) is 0 Å². The number of imidazole rings is 1. The molecule has 0 spiro atoms. The van der Waals surface area contributed by atoms with E-state index in [0.29, 0.717) is 18.8 Å². The Hall–Kier alpha value is -1.72. The van der Waals surface area contributed by atoms with Crippen molar-refractivity contribution in [3.63, 3.8) is 0 Å². The summed E-state index contributed by atoms with van der Waals surface area (Å²) in [5.41, 5.74) is 1.14. The van der Waals surface area contributed by atoms with Gasteiger partial charge in [0.2, 0.25) is 0 Å². The van der Waals surface area contributed by atoms with E-state index in [2.05, 4.69) is 45.5 Å². The maximum atomic E-state index is 6.09. The topological polar surface area (TPSA) is 43.2 Å². The normalized spacial score (nSPS) is 19.3. The van der Waals surface area contributed by atoms with Gasteiger partial charge in [-0.2, -0.15) is 0 Å². The maximum absolute atomic E-state index is 6.09. The molecule has 1 saturated heterocycles. The summed E-state index contributed by atoms with van der Waals surface area (Å²) in [5.74, 6) is 1.15. The highest BCUT2D eigenvalue weighted by atomic mass is 16.5. The zero-order valence-corrected chi connectivity index (χ0v) is 14.1. The molecule has 124 valence electrons. The van der Waals surface area contributed by atoms with Gasteiger partial charge in [0.15, 0.2) is 0 Å². The average Bonchev–Trinajstić information content (AvgIpc) is 3.03. The SMILES string of the molecule is CC(C)n1ccnc1CN1CCCC(OCc2cccnc2)C1. The van der Waals surface area contributed by atoms with Gasteiger partial charge in [0.05, 0.1) is 19.3 Å². The van der Waals surface area contributed by atoms with Crippen molar-refractivity contribution in [1.29, 1.82) is 0 Å². The van der Waals surface area contributed by atoms with Gasteiger partial charge in [-0.05, 0) is 44.9 Å². The number of likely N-dealkylation sites (tertiary alicyclic amines) is 1. The number of hydrogen-bond donors (Lipinski definition) is 0.